The average molecular weight is 211 g/mol. The van der Waals surface area contributed by atoms with Crippen molar-refractivity contribution in [1.29, 1.82) is 0 Å². The highest BCUT2D eigenvalue weighted by Crippen LogP contribution is 2.21. The number of H-pyrrole nitrogens is 1. The molecule has 0 atom stereocenters. The van der Waals surface area contributed by atoms with E-state index in [0.29, 0.717) is 6.04 Å². The smallest absolute Gasteiger partial charge is 0.226 e. The van der Waals surface area contributed by atoms with Crippen LogP contribution in [0.1, 0.15) is 13.8 Å². The molecule has 0 saturated heterocycles. The summed E-state index contributed by atoms with van der Waals surface area (Å²) in [7, 11) is 0. The third-order valence-corrected chi connectivity index (χ3v) is 1.98. The number of anilines is 1. The van der Waals surface area contributed by atoms with Gasteiger partial charge >= 0.3 is 0 Å². The highest BCUT2D eigenvalue weighted by molar-refractivity contribution is 6.28. The second kappa shape index (κ2) is 3.46. The Morgan fingerprint density at radius 2 is 2.21 bits per heavy atom. The lowest BCUT2D eigenvalue weighted by Gasteiger charge is -2.09. The summed E-state index contributed by atoms with van der Waals surface area (Å²) in [5, 5.41) is 4.43. The van der Waals surface area contributed by atoms with E-state index in [-0.39, 0.29) is 5.28 Å². The molecule has 2 rings (SSSR count). The van der Waals surface area contributed by atoms with E-state index in [4.69, 9.17) is 11.6 Å². The lowest BCUT2D eigenvalue weighted by atomic mass is 10.3. The lowest BCUT2D eigenvalue weighted by Crippen LogP contribution is -2.11. The van der Waals surface area contributed by atoms with Crippen LogP contribution >= 0.6 is 11.6 Å². The summed E-state index contributed by atoms with van der Waals surface area (Å²) in [4.78, 5) is 11.2. The topological polar surface area (TPSA) is 53.6 Å². The summed E-state index contributed by atoms with van der Waals surface area (Å²) in [5.41, 5.74) is 0.758. The Bertz CT molecular complexity index is 449. The largest absolute Gasteiger partial charge is 0.367 e. The molecular formula is C9H11ClN4. The van der Waals surface area contributed by atoms with Gasteiger partial charge in [0.15, 0.2) is 0 Å². The average Bonchev–Trinajstić information content (AvgIpc) is 2.50. The Kier molecular flexibility index (Phi) is 2.29. The van der Waals surface area contributed by atoms with E-state index < -0.39 is 0 Å². The number of fused-ring (bicyclic) bond motifs is 1. The van der Waals surface area contributed by atoms with Crippen molar-refractivity contribution in [3.8, 4) is 0 Å². The number of aromatic amines is 1. The molecule has 5 heteroatoms. The molecule has 74 valence electrons. The van der Waals surface area contributed by atoms with Crippen LogP contribution in [0.2, 0.25) is 5.28 Å². The predicted octanol–water partition coefficient (Wildman–Crippen LogP) is 2.43. The van der Waals surface area contributed by atoms with Gasteiger partial charge in [0.25, 0.3) is 0 Å². The Labute approximate surface area is 86.7 Å². The third-order valence-electron chi connectivity index (χ3n) is 1.81. The van der Waals surface area contributed by atoms with Crippen LogP contribution in [0.25, 0.3) is 11.0 Å². The van der Waals surface area contributed by atoms with E-state index >= 15 is 0 Å². The fourth-order valence-electron chi connectivity index (χ4n) is 1.30. The maximum absolute atomic E-state index is 5.78. The Hall–Kier alpha value is -1.29. The first kappa shape index (κ1) is 9.27. The number of halogens is 1. The van der Waals surface area contributed by atoms with Gasteiger partial charge in [0.2, 0.25) is 5.28 Å². The molecule has 0 aliphatic heterocycles. The molecule has 0 radical (unpaired) electrons. The van der Waals surface area contributed by atoms with Gasteiger partial charge in [-0.2, -0.15) is 4.98 Å². The first-order valence-corrected chi connectivity index (χ1v) is 4.82. The molecule has 2 aromatic rings. The van der Waals surface area contributed by atoms with Crippen LogP contribution in [0.15, 0.2) is 12.3 Å². The van der Waals surface area contributed by atoms with Crippen LogP contribution in [-0.4, -0.2) is 21.0 Å². The van der Waals surface area contributed by atoms with Crippen molar-refractivity contribution in [3.05, 3.63) is 17.5 Å². The molecular weight excluding hydrogens is 200 g/mol. The van der Waals surface area contributed by atoms with Crippen molar-refractivity contribution in [1.82, 2.24) is 15.0 Å². The molecule has 0 aliphatic carbocycles. The molecule has 0 fully saturated rings. The maximum Gasteiger partial charge on any atom is 0.226 e. The zero-order valence-electron chi connectivity index (χ0n) is 8.00. The Balaban J connectivity index is 2.55. The van der Waals surface area contributed by atoms with Gasteiger partial charge in [0.1, 0.15) is 11.5 Å². The second-order valence-electron chi connectivity index (χ2n) is 3.38. The van der Waals surface area contributed by atoms with Crippen LogP contribution in [0, 0.1) is 0 Å². The summed E-state index contributed by atoms with van der Waals surface area (Å²) in [5.74, 6) is 0.774. The third kappa shape index (κ3) is 1.65. The fraction of sp³-hybridized carbons (Fsp3) is 0.333. The molecule has 0 spiro atoms. The molecule has 2 heterocycles. The molecule has 0 saturated carbocycles. The SMILES string of the molecule is CC(C)Nc1nc(Cl)nc2[nH]ccc12. The van der Waals surface area contributed by atoms with E-state index in [9.17, 15) is 0 Å². The van der Waals surface area contributed by atoms with Crippen LogP contribution in [0.4, 0.5) is 5.82 Å². The van der Waals surface area contributed by atoms with Crippen molar-refractivity contribution in [3.63, 3.8) is 0 Å². The van der Waals surface area contributed by atoms with Crippen LogP contribution in [0.3, 0.4) is 0 Å². The summed E-state index contributed by atoms with van der Waals surface area (Å²) < 4.78 is 0. The van der Waals surface area contributed by atoms with Crippen molar-refractivity contribution < 1.29 is 0 Å². The molecule has 0 bridgehead atoms. The number of rotatable bonds is 2. The van der Waals surface area contributed by atoms with E-state index in [1.807, 2.05) is 12.3 Å². The summed E-state index contributed by atoms with van der Waals surface area (Å²) in [6.07, 6.45) is 1.82. The summed E-state index contributed by atoms with van der Waals surface area (Å²) in [6, 6.07) is 2.25. The summed E-state index contributed by atoms with van der Waals surface area (Å²) >= 11 is 5.78. The molecule has 14 heavy (non-hydrogen) atoms. The number of aromatic nitrogens is 3. The molecule has 2 N–H and O–H groups in total. The molecule has 0 unspecified atom stereocenters. The first-order valence-electron chi connectivity index (χ1n) is 4.44. The fourth-order valence-corrected chi connectivity index (χ4v) is 1.47. The monoisotopic (exact) mass is 210 g/mol. The van der Waals surface area contributed by atoms with E-state index in [2.05, 4.69) is 34.1 Å². The number of hydrogen-bond acceptors (Lipinski definition) is 3. The quantitative estimate of drug-likeness (QED) is 0.749. The minimum atomic E-state index is 0.253. The van der Waals surface area contributed by atoms with Gasteiger partial charge in [0.05, 0.1) is 5.39 Å². The van der Waals surface area contributed by atoms with Gasteiger partial charge < -0.3 is 10.3 Å². The van der Waals surface area contributed by atoms with Gasteiger partial charge in [0, 0.05) is 12.2 Å². The van der Waals surface area contributed by atoms with Gasteiger partial charge in [-0.05, 0) is 31.5 Å². The van der Waals surface area contributed by atoms with E-state index in [1.165, 1.54) is 0 Å². The predicted molar refractivity (Wildman–Crippen MR) is 57.7 cm³/mol. The molecule has 0 amide bonds. The molecule has 0 aromatic carbocycles. The van der Waals surface area contributed by atoms with Gasteiger partial charge in [-0.25, -0.2) is 4.98 Å². The second-order valence-corrected chi connectivity index (χ2v) is 3.72. The van der Waals surface area contributed by atoms with Crippen molar-refractivity contribution >= 4 is 28.5 Å². The van der Waals surface area contributed by atoms with Crippen LogP contribution in [-0.2, 0) is 0 Å². The van der Waals surface area contributed by atoms with Crippen molar-refractivity contribution in [2.75, 3.05) is 5.32 Å². The van der Waals surface area contributed by atoms with E-state index in [1.54, 1.807) is 0 Å². The highest BCUT2D eigenvalue weighted by Gasteiger charge is 2.07. The zero-order chi connectivity index (χ0) is 10.1. The van der Waals surface area contributed by atoms with Gasteiger partial charge in [-0.1, -0.05) is 0 Å². The Morgan fingerprint density at radius 3 is 2.93 bits per heavy atom. The van der Waals surface area contributed by atoms with Gasteiger partial charge in [-0.3, -0.25) is 0 Å². The molecule has 0 aliphatic rings. The zero-order valence-corrected chi connectivity index (χ0v) is 8.76. The van der Waals surface area contributed by atoms with Gasteiger partial charge in [-0.15, -0.1) is 0 Å². The Morgan fingerprint density at radius 1 is 1.43 bits per heavy atom. The molecule has 2 aromatic heterocycles. The summed E-state index contributed by atoms with van der Waals surface area (Å²) in [6.45, 7) is 4.10. The number of nitrogens with zero attached hydrogens (tertiary/aromatic N) is 2. The van der Waals surface area contributed by atoms with Crippen molar-refractivity contribution in [2.24, 2.45) is 0 Å². The number of hydrogen-bond donors (Lipinski definition) is 2. The van der Waals surface area contributed by atoms with Crippen LogP contribution in [0.5, 0.6) is 0 Å². The molecule has 4 nitrogen and oxygen atoms in total. The normalized spacial score (nSPS) is 11.1. The minimum absolute atomic E-state index is 0.253. The van der Waals surface area contributed by atoms with Crippen LogP contribution < -0.4 is 5.32 Å². The number of nitrogens with one attached hydrogen (secondary N) is 2. The standard InChI is InChI=1S/C9H11ClN4/c1-5(2)12-8-6-3-4-11-7(6)13-9(10)14-8/h3-5H,1-2H3,(H2,11,12,13,14). The van der Waals surface area contributed by atoms with E-state index in [0.717, 1.165) is 16.9 Å². The maximum atomic E-state index is 5.78. The minimum Gasteiger partial charge on any atom is -0.367 e. The van der Waals surface area contributed by atoms with Crippen molar-refractivity contribution in [2.45, 2.75) is 19.9 Å². The first-order chi connectivity index (χ1) is 6.66. The highest BCUT2D eigenvalue weighted by atomic mass is 35.5. The lowest BCUT2D eigenvalue weighted by molar-refractivity contribution is 0.890.